The Hall–Kier alpha value is -2.84. The Labute approximate surface area is 166 Å². The fourth-order valence-corrected chi connectivity index (χ4v) is 3.86. The minimum Gasteiger partial charge on any atom is -0.360 e. The maximum absolute atomic E-state index is 13.3. The van der Waals surface area contributed by atoms with Crippen molar-refractivity contribution in [2.45, 2.75) is 44.2 Å². The van der Waals surface area contributed by atoms with Crippen LogP contribution in [0, 0.1) is 6.92 Å². The lowest BCUT2D eigenvalue weighted by Gasteiger charge is -2.33. The molecule has 6 nitrogen and oxygen atoms in total. The summed E-state index contributed by atoms with van der Waals surface area (Å²) < 4.78 is 44.3. The van der Waals surface area contributed by atoms with Crippen LogP contribution in [0.5, 0.6) is 0 Å². The number of aryl methyl sites for hydroxylation is 1. The average Bonchev–Trinajstić information content (AvgIpc) is 3.30. The van der Waals surface area contributed by atoms with E-state index >= 15 is 0 Å². The number of carbonyl (C=O) groups is 2. The van der Waals surface area contributed by atoms with E-state index in [1.54, 1.807) is 19.1 Å². The smallest absolute Gasteiger partial charge is 0.360 e. The van der Waals surface area contributed by atoms with Gasteiger partial charge in [0.1, 0.15) is 5.76 Å². The molecule has 0 atom stereocenters. The van der Waals surface area contributed by atoms with Crippen LogP contribution >= 0.6 is 0 Å². The lowest BCUT2D eigenvalue weighted by molar-refractivity contribution is -0.139. The fraction of sp³-hybridized carbons (Fsp3) is 0.450. The third-order valence-corrected chi connectivity index (χ3v) is 5.23. The van der Waals surface area contributed by atoms with E-state index in [-0.39, 0.29) is 18.3 Å². The number of amides is 2. The van der Waals surface area contributed by atoms with Crippen LogP contribution in [0.25, 0.3) is 0 Å². The monoisotopic (exact) mass is 409 g/mol. The molecule has 0 unspecified atom stereocenters. The van der Waals surface area contributed by atoms with Gasteiger partial charge in [0.15, 0.2) is 5.82 Å². The van der Waals surface area contributed by atoms with E-state index in [4.69, 9.17) is 4.52 Å². The molecule has 1 fully saturated rings. The molecule has 1 aliphatic carbocycles. The van der Waals surface area contributed by atoms with Crippen LogP contribution in [-0.4, -0.2) is 35.5 Å². The Bertz CT molecular complexity index is 902. The molecule has 1 saturated carbocycles. The summed E-state index contributed by atoms with van der Waals surface area (Å²) in [6, 6.07) is 6.47. The minimum absolute atomic E-state index is 0.238. The first-order chi connectivity index (χ1) is 13.6. The van der Waals surface area contributed by atoms with Crippen molar-refractivity contribution in [3.63, 3.8) is 0 Å². The van der Waals surface area contributed by atoms with E-state index in [0.717, 1.165) is 25.0 Å². The molecular weight excluding hydrogens is 387 g/mol. The van der Waals surface area contributed by atoms with Crippen molar-refractivity contribution >= 4 is 17.6 Å². The summed E-state index contributed by atoms with van der Waals surface area (Å²) in [6.45, 7) is 1.43. The highest BCUT2D eigenvalue weighted by molar-refractivity contribution is 5.96. The average molecular weight is 409 g/mol. The van der Waals surface area contributed by atoms with E-state index in [1.807, 2.05) is 0 Å². The first-order valence-electron chi connectivity index (χ1n) is 9.28. The van der Waals surface area contributed by atoms with Gasteiger partial charge in [-0.2, -0.15) is 13.2 Å². The first kappa shape index (κ1) is 20.9. The van der Waals surface area contributed by atoms with Crippen molar-refractivity contribution in [2.24, 2.45) is 0 Å². The van der Waals surface area contributed by atoms with E-state index in [1.165, 1.54) is 18.0 Å². The number of aromatic nitrogens is 1. The molecule has 9 heteroatoms. The van der Waals surface area contributed by atoms with Gasteiger partial charge in [-0.1, -0.05) is 36.2 Å². The summed E-state index contributed by atoms with van der Waals surface area (Å²) in [5.41, 5.74) is -1.49. The summed E-state index contributed by atoms with van der Waals surface area (Å²) in [7, 11) is 1.48. The quantitative estimate of drug-likeness (QED) is 0.813. The highest BCUT2D eigenvalue weighted by Gasteiger charge is 2.45. The Morgan fingerprint density at radius 3 is 2.52 bits per heavy atom. The lowest BCUT2D eigenvalue weighted by Crippen LogP contribution is -2.46. The predicted molar refractivity (Wildman–Crippen MR) is 99.1 cm³/mol. The fourth-order valence-electron chi connectivity index (χ4n) is 3.86. The Morgan fingerprint density at radius 1 is 1.24 bits per heavy atom. The molecule has 1 heterocycles. The Balaban J connectivity index is 1.79. The molecule has 0 spiro atoms. The summed E-state index contributed by atoms with van der Waals surface area (Å²) >= 11 is 0. The minimum atomic E-state index is -4.49. The van der Waals surface area contributed by atoms with E-state index in [0.29, 0.717) is 24.2 Å². The van der Waals surface area contributed by atoms with E-state index < -0.39 is 23.1 Å². The number of hydrogen-bond donors (Lipinski definition) is 1. The van der Waals surface area contributed by atoms with Crippen molar-refractivity contribution in [3.05, 3.63) is 47.2 Å². The topological polar surface area (TPSA) is 75.4 Å². The molecule has 0 saturated heterocycles. The molecule has 1 aromatic heterocycles. The number of anilines is 1. The Kier molecular flexibility index (Phi) is 5.68. The van der Waals surface area contributed by atoms with Crippen molar-refractivity contribution in [3.8, 4) is 0 Å². The molecule has 0 radical (unpaired) electrons. The first-order valence-corrected chi connectivity index (χ1v) is 9.28. The molecule has 0 aliphatic heterocycles. The van der Waals surface area contributed by atoms with E-state index in [9.17, 15) is 22.8 Å². The number of nitrogens with zero attached hydrogens (tertiary/aromatic N) is 2. The number of likely N-dealkylation sites (N-methyl/N-ethyl adjacent to an activating group) is 1. The second-order valence-corrected chi connectivity index (χ2v) is 7.40. The number of rotatable bonds is 5. The maximum atomic E-state index is 13.3. The van der Waals surface area contributed by atoms with Gasteiger partial charge in [0.05, 0.1) is 17.5 Å². The van der Waals surface area contributed by atoms with Crippen LogP contribution in [-0.2, 0) is 21.2 Å². The number of nitrogens with one attached hydrogen (secondary N) is 1. The summed E-state index contributed by atoms with van der Waals surface area (Å²) in [5.74, 6) is -0.0619. The predicted octanol–water partition coefficient (Wildman–Crippen LogP) is 3.91. The van der Waals surface area contributed by atoms with Gasteiger partial charge in [-0.3, -0.25) is 9.59 Å². The van der Waals surface area contributed by atoms with Crippen molar-refractivity contribution in [2.75, 3.05) is 18.9 Å². The molecule has 0 bridgehead atoms. The molecule has 1 aliphatic rings. The van der Waals surface area contributed by atoms with Gasteiger partial charge in [0, 0.05) is 13.1 Å². The number of carbonyl (C=O) groups excluding carboxylic acids is 2. The zero-order valence-electron chi connectivity index (χ0n) is 16.2. The van der Waals surface area contributed by atoms with Gasteiger partial charge in [0.25, 0.3) is 0 Å². The number of hydrogen-bond acceptors (Lipinski definition) is 4. The van der Waals surface area contributed by atoms with Gasteiger partial charge < -0.3 is 14.7 Å². The highest BCUT2D eigenvalue weighted by Crippen LogP contribution is 2.44. The molecule has 29 heavy (non-hydrogen) atoms. The van der Waals surface area contributed by atoms with Crippen molar-refractivity contribution in [1.82, 2.24) is 10.1 Å². The number of benzene rings is 1. The normalized spacial score (nSPS) is 15.9. The van der Waals surface area contributed by atoms with Gasteiger partial charge in [-0.25, -0.2) is 0 Å². The van der Waals surface area contributed by atoms with Crippen LogP contribution in [0.2, 0.25) is 0 Å². The molecule has 2 amide bonds. The maximum Gasteiger partial charge on any atom is 0.416 e. The second-order valence-electron chi connectivity index (χ2n) is 7.40. The second kappa shape index (κ2) is 7.88. The zero-order valence-corrected chi connectivity index (χ0v) is 16.2. The van der Waals surface area contributed by atoms with Crippen LogP contribution < -0.4 is 5.32 Å². The largest absolute Gasteiger partial charge is 0.416 e. The standard InChI is InChI=1S/C20H22F3N3O3/c1-13-10-16(25-29-13)24-17(27)12-26(2)18(28)19(8-3-4-9-19)14-6-5-7-15(11-14)20(21,22)23/h5-7,10-11H,3-4,8-9,12H2,1-2H3,(H,24,25,27). The van der Waals surface area contributed by atoms with Crippen LogP contribution in [0.4, 0.5) is 19.0 Å². The van der Waals surface area contributed by atoms with Crippen LogP contribution in [0.15, 0.2) is 34.9 Å². The summed E-state index contributed by atoms with van der Waals surface area (Å²) in [6.07, 6.45) is -2.12. The SMILES string of the molecule is Cc1cc(NC(=O)CN(C)C(=O)C2(c3cccc(C(F)(F)F)c3)CCCC2)no1. The molecule has 1 aromatic carbocycles. The number of alkyl halides is 3. The van der Waals surface area contributed by atoms with Crippen molar-refractivity contribution in [1.29, 1.82) is 0 Å². The van der Waals surface area contributed by atoms with Gasteiger partial charge in [-0.05, 0) is 31.4 Å². The highest BCUT2D eigenvalue weighted by atomic mass is 19.4. The molecule has 1 N–H and O–H groups in total. The van der Waals surface area contributed by atoms with Crippen molar-refractivity contribution < 1.29 is 27.3 Å². The number of halogens is 3. The molecular formula is C20H22F3N3O3. The third-order valence-electron chi connectivity index (χ3n) is 5.23. The molecule has 156 valence electrons. The Morgan fingerprint density at radius 2 is 1.93 bits per heavy atom. The van der Waals surface area contributed by atoms with Crippen LogP contribution in [0.3, 0.4) is 0 Å². The summed E-state index contributed by atoms with van der Waals surface area (Å²) in [4.78, 5) is 26.8. The third kappa shape index (κ3) is 4.44. The van der Waals surface area contributed by atoms with Gasteiger partial charge >= 0.3 is 6.18 Å². The molecule has 3 rings (SSSR count). The lowest BCUT2D eigenvalue weighted by atomic mass is 9.77. The zero-order chi connectivity index (χ0) is 21.2. The van der Waals surface area contributed by atoms with Crippen LogP contribution in [0.1, 0.15) is 42.6 Å². The summed E-state index contributed by atoms with van der Waals surface area (Å²) in [5, 5.41) is 6.20. The van der Waals surface area contributed by atoms with Gasteiger partial charge in [0.2, 0.25) is 11.8 Å². The van der Waals surface area contributed by atoms with E-state index in [2.05, 4.69) is 10.5 Å². The van der Waals surface area contributed by atoms with Gasteiger partial charge in [-0.15, -0.1) is 0 Å². The molecule has 2 aromatic rings.